The Morgan fingerprint density at radius 3 is 2.60 bits per heavy atom. The molecule has 1 N–H and O–H groups in total. The largest absolute Gasteiger partial charge is 0.379 e. The zero-order chi connectivity index (χ0) is 14.8. The molecule has 1 rings (SSSR count). The maximum atomic E-state index is 12.2. The molecule has 0 aromatic carbocycles. The number of rotatable bonds is 9. The predicted octanol–water partition coefficient (Wildman–Crippen LogP) is 1.28. The van der Waals surface area contributed by atoms with Gasteiger partial charge in [-0.25, -0.2) is 0 Å². The van der Waals surface area contributed by atoms with E-state index in [4.69, 9.17) is 9.47 Å². The first-order chi connectivity index (χ1) is 9.69. The SMILES string of the molecule is CCNCC1CCN(C(=O)C(C)OCCOCC)CC1. The maximum absolute atomic E-state index is 12.2. The number of hydrogen-bond acceptors (Lipinski definition) is 4. The van der Waals surface area contributed by atoms with E-state index in [0.717, 1.165) is 39.0 Å². The molecule has 0 aromatic rings. The van der Waals surface area contributed by atoms with Crippen LogP contribution >= 0.6 is 0 Å². The van der Waals surface area contributed by atoms with Gasteiger partial charge in [0, 0.05) is 19.7 Å². The minimum Gasteiger partial charge on any atom is -0.379 e. The van der Waals surface area contributed by atoms with Crippen LogP contribution in [0.4, 0.5) is 0 Å². The molecule has 1 aliphatic heterocycles. The summed E-state index contributed by atoms with van der Waals surface area (Å²) in [7, 11) is 0. The molecule has 1 unspecified atom stereocenters. The zero-order valence-electron chi connectivity index (χ0n) is 13.2. The van der Waals surface area contributed by atoms with Gasteiger partial charge in [-0.05, 0) is 45.7 Å². The number of likely N-dealkylation sites (tertiary alicyclic amines) is 1. The van der Waals surface area contributed by atoms with Crippen molar-refractivity contribution in [2.75, 3.05) is 46.0 Å². The second-order valence-electron chi connectivity index (χ2n) is 5.29. The van der Waals surface area contributed by atoms with Gasteiger partial charge in [0.1, 0.15) is 6.10 Å². The summed E-state index contributed by atoms with van der Waals surface area (Å²) in [5.74, 6) is 0.816. The molecule has 0 bridgehead atoms. The lowest BCUT2D eigenvalue weighted by molar-refractivity contribution is -0.144. The minimum atomic E-state index is -0.360. The fourth-order valence-electron chi connectivity index (χ4n) is 2.46. The van der Waals surface area contributed by atoms with Gasteiger partial charge in [0.2, 0.25) is 0 Å². The molecular formula is C15H30N2O3. The van der Waals surface area contributed by atoms with E-state index >= 15 is 0 Å². The Kier molecular flexibility index (Phi) is 8.82. The summed E-state index contributed by atoms with van der Waals surface area (Å²) in [4.78, 5) is 14.2. The van der Waals surface area contributed by atoms with Crippen LogP contribution in [0.1, 0.15) is 33.6 Å². The van der Waals surface area contributed by atoms with E-state index < -0.39 is 0 Å². The van der Waals surface area contributed by atoms with Crippen molar-refractivity contribution >= 4 is 5.91 Å². The highest BCUT2D eigenvalue weighted by atomic mass is 16.5. The molecule has 1 atom stereocenters. The van der Waals surface area contributed by atoms with Gasteiger partial charge < -0.3 is 19.7 Å². The quantitative estimate of drug-likeness (QED) is 0.649. The molecule has 1 fully saturated rings. The Labute approximate surface area is 123 Å². The van der Waals surface area contributed by atoms with Crippen LogP contribution in [0.2, 0.25) is 0 Å². The van der Waals surface area contributed by atoms with Crippen molar-refractivity contribution in [3.63, 3.8) is 0 Å². The van der Waals surface area contributed by atoms with Crippen LogP contribution in [0.25, 0.3) is 0 Å². The van der Waals surface area contributed by atoms with Crippen molar-refractivity contribution in [3.05, 3.63) is 0 Å². The Hall–Kier alpha value is -0.650. The van der Waals surface area contributed by atoms with E-state index in [1.807, 2.05) is 18.7 Å². The molecule has 1 heterocycles. The van der Waals surface area contributed by atoms with E-state index in [9.17, 15) is 4.79 Å². The van der Waals surface area contributed by atoms with Crippen LogP contribution in [-0.4, -0.2) is 62.9 Å². The first-order valence-electron chi connectivity index (χ1n) is 7.87. The highest BCUT2D eigenvalue weighted by Crippen LogP contribution is 2.17. The number of nitrogens with zero attached hydrogens (tertiary/aromatic N) is 1. The van der Waals surface area contributed by atoms with Crippen LogP contribution in [0.3, 0.4) is 0 Å². The average molecular weight is 286 g/mol. The predicted molar refractivity (Wildman–Crippen MR) is 79.8 cm³/mol. The number of carbonyl (C=O) groups excluding carboxylic acids is 1. The highest BCUT2D eigenvalue weighted by Gasteiger charge is 2.26. The van der Waals surface area contributed by atoms with Crippen LogP contribution in [-0.2, 0) is 14.3 Å². The van der Waals surface area contributed by atoms with E-state index in [2.05, 4.69) is 12.2 Å². The number of hydrogen-bond donors (Lipinski definition) is 1. The summed E-state index contributed by atoms with van der Waals surface area (Å²) < 4.78 is 10.7. The standard InChI is InChI=1S/C15H30N2O3/c1-4-16-12-14-6-8-17(9-7-14)15(18)13(3)20-11-10-19-5-2/h13-14,16H,4-12H2,1-3H3. The molecule has 1 saturated heterocycles. The maximum Gasteiger partial charge on any atom is 0.251 e. The second kappa shape index (κ2) is 10.1. The first-order valence-corrected chi connectivity index (χ1v) is 7.87. The fraction of sp³-hybridized carbons (Fsp3) is 0.933. The van der Waals surface area contributed by atoms with Crippen molar-refractivity contribution < 1.29 is 14.3 Å². The normalized spacial score (nSPS) is 18.2. The molecule has 5 heteroatoms. The van der Waals surface area contributed by atoms with Gasteiger partial charge in [-0.3, -0.25) is 4.79 Å². The average Bonchev–Trinajstić information content (AvgIpc) is 2.49. The number of nitrogens with one attached hydrogen (secondary N) is 1. The number of ether oxygens (including phenoxy) is 2. The molecule has 0 spiro atoms. The summed E-state index contributed by atoms with van der Waals surface area (Å²) in [6.45, 7) is 11.4. The van der Waals surface area contributed by atoms with Crippen molar-refractivity contribution in [2.45, 2.75) is 39.7 Å². The molecule has 5 nitrogen and oxygen atoms in total. The van der Waals surface area contributed by atoms with Gasteiger partial charge in [-0.1, -0.05) is 6.92 Å². The molecule has 1 aliphatic rings. The van der Waals surface area contributed by atoms with Crippen LogP contribution < -0.4 is 5.32 Å². The van der Waals surface area contributed by atoms with Crippen LogP contribution in [0, 0.1) is 5.92 Å². The molecule has 1 amide bonds. The molecule has 20 heavy (non-hydrogen) atoms. The van der Waals surface area contributed by atoms with E-state index in [1.165, 1.54) is 0 Å². The van der Waals surface area contributed by atoms with Gasteiger partial charge in [0.15, 0.2) is 0 Å². The molecule has 0 aliphatic carbocycles. The van der Waals surface area contributed by atoms with Gasteiger partial charge in [-0.2, -0.15) is 0 Å². The van der Waals surface area contributed by atoms with E-state index in [0.29, 0.717) is 25.7 Å². The van der Waals surface area contributed by atoms with Crippen molar-refractivity contribution in [2.24, 2.45) is 5.92 Å². The summed E-state index contributed by atoms with van der Waals surface area (Å²) in [5.41, 5.74) is 0. The number of piperidine rings is 1. The van der Waals surface area contributed by atoms with Crippen LogP contribution in [0.15, 0.2) is 0 Å². The third-order valence-corrected chi connectivity index (χ3v) is 3.76. The van der Waals surface area contributed by atoms with E-state index in [-0.39, 0.29) is 12.0 Å². The lowest BCUT2D eigenvalue weighted by Gasteiger charge is -2.33. The summed E-state index contributed by atoms with van der Waals surface area (Å²) in [6.07, 6.45) is 1.82. The highest BCUT2D eigenvalue weighted by molar-refractivity contribution is 5.80. The van der Waals surface area contributed by atoms with Crippen molar-refractivity contribution in [1.29, 1.82) is 0 Å². The number of carbonyl (C=O) groups is 1. The Morgan fingerprint density at radius 1 is 1.30 bits per heavy atom. The lowest BCUT2D eigenvalue weighted by Crippen LogP contribution is -2.45. The first kappa shape index (κ1) is 17.4. The molecule has 0 saturated carbocycles. The smallest absolute Gasteiger partial charge is 0.251 e. The Balaban J connectivity index is 2.20. The molecule has 0 radical (unpaired) electrons. The summed E-state index contributed by atoms with van der Waals surface area (Å²) in [5, 5.41) is 3.38. The Morgan fingerprint density at radius 2 is 2.00 bits per heavy atom. The topological polar surface area (TPSA) is 50.8 Å². The molecule has 118 valence electrons. The van der Waals surface area contributed by atoms with Crippen LogP contribution in [0.5, 0.6) is 0 Å². The third-order valence-electron chi connectivity index (χ3n) is 3.76. The van der Waals surface area contributed by atoms with Gasteiger partial charge in [-0.15, -0.1) is 0 Å². The van der Waals surface area contributed by atoms with Crippen molar-refractivity contribution in [3.8, 4) is 0 Å². The Bertz CT molecular complexity index is 266. The fourth-order valence-corrected chi connectivity index (χ4v) is 2.46. The van der Waals surface area contributed by atoms with Gasteiger partial charge in [0.05, 0.1) is 13.2 Å². The monoisotopic (exact) mass is 286 g/mol. The lowest BCUT2D eigenvalue weighted by atomic mass is 9.96. The zero-order valence-corrected chi connectivity index (χ0v) is 13.2. The molecular weight excluding hydrogens is 256 g/mol. The minimum absolute atomic E-state index is 0.114. The molecule has 0 aromatic heterocycles. The third kappa shape index (κ3) is 6.20. The van der Waals surface area contributed by atoms with Crippen molar-refractivity contribution in [1.82, 2.24) is 10.2 Å². The van der Waals surface area contributed by atoms with Gasteiger partial charge in [0.25, 0.3) is 5.91 Å². The second-order valence-corrected chi connectivity index (χ2v) is 5.29. The summed E-state index contributed by atoms with van der Waals surface area (Å²) >= 11 is 0. The number of amides is 1. The van der Waals surface area contributed by atoms with Gasteiger partial charge >= 0.3 is 0 Å². The summed E-state index contributed by atoms with van der Waals surface area (Å²) in [6, 6.07) is 0. The van der Waals surface area contributed by atoms with E-state index in [1.54, 1.807) is 0 Å².